The van der Waals surface area contributed by atoms with Crippen LogP contribution in [-0.4, -0.2) is 135 Å². The number of aliphatic hydroxyl groups is 1. The number of phenolic OH excluding ortho intramolecular Hbond substituents is 1. The van der Waals surface area contributed by atoms with E-state index in [2.05, 4.69) is 31.5 Å². The number of thioether (sulfide) groups is 2. The summed E-state index contributed by atoms with van der Waals surface area (Å²) < 4.78 is 10.6. The van der Waals surface area contributed by atoms with Crippen LogP contribution in [-0.2, 0) is 32.1 Å². The topological polar surface area (TPSA) is 194 Å². The number of alkyl carbamates (subject to hydrolysis) is 1. The molecule has 3 aromatic rings. The van der Waals surface area contributed by atoms with Crippen LogP contribution in [0.25, 0.3) is 0 Å². The van der Waals surface area contributed by atoms with Gasteiger partial charge in [-0.15, -0.1) is 0 Å². The smallest absolute Gasteiger partial charge is 0.407 e. The van der Waals surface area contributed by atoms with Gasteiger partial charge in [-0.25, -0.2) is 4.79 Å². The minimum absolute atomic E-state index is 0.00752. The quantitative estimate of drug-likeness (QED) is 0.0821. The van der Waals surface area contributed by atoms with Crippen LogP contribution in [0, 0.1) is 18.8 Å². The second-order valence-corrected chi connectivity index (χ2v) is 24.4. The molecule has 14 nitrogen and oxygen atoms in total. The molecule has 5 saturated heterocycles. The highest BCUT2D eigenvalue weighted by Crippen LogP contribution is 2.41. The van der Waals surface area contributed by atoms with Crippen LogP contribution in [0.2, 0.25) is 0 Å². The molecule has 0 bridgehead atoms. The van der Waals surface area contributed by atoms with Crippen LogP contribution < -0.4 is 26.6 Å². The lowest BCUT2D eigenvalue weighted by atomic mass is 9.89. The van der Waals surface area contributed by atoms with E-state index in [0.717, 1.165) is 56.0 Å². The first-order valence-electron chi connectivity index (χ1n) is 25.5. The number of β-amino-alcohol motifs (C(OH)–C–C–N with tert-alkyl or cyclic N) is 1. The highest BCUT2D eigenvalue weighted by molar-refractivity contribution is 8.00. The van der Waals surface area contributed by atoms with Crippen molar-refractivity contribution in [3.05, 3.63) is 101 Å². The number of amides is 4. The SMILES string of the molecule is CC(C)(C)NC(=O)[C@@H]1CC2SCCC2CN1.CCC(NC(=O)c1cccc(O)c1C)C(O)CN1CC2CCSC2C[C@H]1C(=O)NC(C)(C)C.O=C(NC(Cc1ccccc1)C1CO1)OCc1ccccc1. The van der Waals surface area contributed by atoms with Crippen molar-refractivity contribution in [3.63, 3.8) is 0 Å². The van der Waals surface area contributed by atoms with E-state index in [0.29, 0.717) is 47.1 Å². The number of aromatic hydroxyl groups is 1. The Morgan fingerprint density at radius 2 is 1.42 bits per heavy atom. The van der Waals surface area contributed by atoms with E-state index in [1.54, 1.807) is 25.1 Å². The van der Waals surface area contributed by atoms with Gasteiger partial charge < -0.3 is 46.3 Å². The fourth-order valence-electron chi connectivity index (χ4n) is 9.64. The Balaban J connectivity index is 0.000000187. The highest BCUT2D eigenvalue weighted by atomic mass is 32.2. The van der Waals surface area contributed by atoms with E-state index in [1.807, 2.05) is 133 Å². The molecule has 71 heavy (non-hydrogen) atoms. The summed E-state index contributed by atoms with van der Waals surface area (Å²) in [5.41, 5.74) is 2.61. The van der Waals surface area contributed by atoms with Gasteiger partial charge in [0, 0.05) is 45.8 Å². The van der Waals surface area contributed by atoms with Crippen molar-refractivity contribution in [2.45, 2.75) is 158 Å². The molecule has 3 aromatic carbocycles. The van der Waals surface area contributed by atoms with Gasteiger partial charge in [0.2, 0.25) is 11.8 Å². The van der Waals surface area contributed by atoms with Crippen LogP contribution in [0.1, 0.15) is 108 Å². The summed E-state index contributed by atoms with van der Waals surface area (Å²) in [6.45, 7) is 18.7. The third kappa shape index (κ3) is 17.7. The molecule has 0 aromatic heterocycles. The number of carbonyl (C=O) groups excluding carboxylic acids is 4. The van der Waals surface area contributed by atoms with Crippen molar-refractivity contribution in [2.24, 2.45) is 11.8 Å². The monoisotopic (exact) mass is 1020 g/mol. The van der Waals surface area contributed by atoms with Gasteiger partial charge in [0.25, 0.3) is 5.91 Å². The maximum absolute atomic E-state index is 13.1. The molecule has 5 heterocycles. The standard InChI is InChI=1S/C25H39N3O4S.C18H19NO3.C12H22N2OS/c1-6-18(26-23(31)17-8-7-9-20(29)15(17)2)21(30)14-28-13-16-10-11-33-22(16)12-19(28)24(32)27-25(3,4)5;20-18(22-12-15-9-5-2-6-10-15)19-16(17-13-21-17)11-14-7-3-1-4-8-14;1-12(2,3)14-11(15)9-6-10-8(7-13-9)4-5-16-10/h7-9,16,18-19,21-22,29-30H,6,10-14H2,1-5H3,(H,26,31)(H,27,32);1-10,16-17H,11-13H2,(H,19,20);8-10,13H,4-7H2,1-3H3,(H,14,15)/t16?,18?,19-,21?,22?;;8?,9-,10?/m0.0/s1. The van der Waals surface area contributed by atoms with Crippen LogP contribution in [0.3, 0.4) is 0 Å². The number of likely N-dealkylation sites (tertiary alicyclic amines) is 1. The first-order chi connectivity index (χ1) is 33.8. The normalized spacial score (nSPS) is 24.9. The molecule has 390 valence electrons. The molecule has 4 amide bonds. The summed E-state index contributed by atoms with van der Waals surface area (Å²) in [5, 5.41) is 37.6. The Morgan fingerprint density at radius 1 is 0.817 bits per heavy atom. The van der Waals surface area contributed by atoms with Crippen LogP contribution in [0.15, 0.2) is 78.9 Å². The minimum Gasteiger partial charge on any atom is -0.508 e. The molecule has 8 unspecified atom stereocenters. The Bertz CT molecular complexity index is 2190. The zero-order valence-electron chi connectivity index (χ0n) is 43.1. The summed E-state index contributed by atoms with van der Waals surface area (Å²) in [6, 6.07) is 23.8. The van der Waals surface area contributed by atoms with Gasteiger partial charge in [0.05, 0.1) is 36.9 Å². The lowest BCUT2D eigenvalue weighted by molar-refractivity contribution is -0.130. The van der Waals surface area contributed by atoms with E-state index < -0.39 is 18.2 Å². The van der Waals surface area contributed by atoms with Crippen molar-refractivity contribution in [2.75, 3.05) is 37.7 Å². The summed E-state index contributed by atoms with van der Waals surface area (Å²) in [5.74, 6) is 3.64. The number of hydrogen-bond acceptors (Lipinski definition) is 12. The molecule has 0 saturated carbocycles. The second-order valence-electron chi connectivity index (χ2n) is 21.7. The number of phenols is 1. The number of hydrogen-bond donors (Lipinski definition) is 7. The fraction of sp³-hybridized carbons (Fsp3) is 0.600. The Hall–Kier alpha value is -4.32. The molecule has 7 N–H and O–H groups in total. The minimum atomic E-state index is -0.813. The number of nitrogens with one attached hydrogen (secondary N) is 5. The zero-order chi connectivity index (χ0) is 51.3. The molecule has 0 radical (unpaired) electrons. The van der Waals surface area contributed by atoms with Gasteiger partial charge >= 0.3 is 6.09 Å². The molecule has 0 spiro atoms. The third-order valence-electron chi connectivity index (χ3n) is 13.6. The highest BCUT2D eigenvalue weighted by Gasteiger charge is 2.43. The van der Waals surface area contributed by atoms with E-state index in [-0.39, 0.29) is 65.4 Å². The van der Waals surface area contributed by atoms with Gasteiger partial charge in [-0.05, 0) is 140 Å². The second kappa shape index (κ2) is 26.1. The molecule has 0 aliphatic carbocycles. The maximum atomic E-state index is 13.1. The fourth-order valence-corrected chi connectivity index (χ4v) is 12.8. The van der Waals surface area contributed by atoms with Crippen molar-refractivity contribution in [1.82, 2.24) is 31.5 Å². The summed E-state index contributed by atoms with van der Waals surface area (Å²) >= 11 is 4.00. The van der Waals surface area contributed by atoms with E-state index in [4.69, 9.17) is 9.47 Å². The molecule has 10 atom stereocenters. The molecule has 5 aliphatic heterocycles. The number of benzene rings is 3. The first kappa shape index (κ1) is 56.0. The van der Waals surface area contributed by atoms with Crippen molar-refractivity contribution in [1.29, 1.82) is 0 Å². The number of carbonyl (C=O) groups is 4. The van der Waals surface area contributed by atoms with Crippen molar-refractivity contribution in [3.8, 4) is 5.75 Å². The van der Waals surface area contributed by atoms with Gasteiger partial charge in [-0.1, -0.05) is 73.7 Å². The number of aliphatic hydroxyl groups excluding tert-OH is 1. The van der Waals surface area contributed by atoms with Crippen molar-refractivity contribution < 1.29 is 38.9 Å². The third-order valence-corrected chi connectivity index (χ3v) is 16.5. The van der Waals surface area contributed by atoms with Crippen LogP contribution >= 0.6 is 23.5 Å². The van der Waals surface area contributed by atoms with Crippen molar-refractivity contribution >= 4 is 47.3 Å². The van der Waals surface area contributed by atoms with E-state index >= 15 is 0 Å². The van der Waals surface area contributed by atoms with Gasteiger partial charge in [0.1, 0.15) is 18.5 Å². The number of rotatable bonds is 14. The molecular weight excluding hydrogens is 937 g/mol. The predicted molar refractivity (Wildman–Crippen MR) is 285 cm³/mol. The van der Waals surface area contributed by atoms with Crippen LogP contribution in [0.4, 0.5) is 4.79 Å². The van der Waals surface area contributed by atoms with Gasteiger partial charge in [-0.3, -0.25) is 19.3 Å². The van der Waals surface area contributed by atoms with E-state index in [9.17, 15) is 29.4 Å². The number of piperidine rings is 2. The average molecular weight is 1020 g/mol. The number of ether oxygens (including phenoxy) is 2. The zero-order valence-corrected chi connectivity index (χ0v) is 44.7. The lowest BCUT2D eigenvalue weighted by Gasteiger charge is -2.43. The van der Waals surface area contributed by atoms with Gasteiger partial charge in [-0.2, -0.15) is 23.5 Å². The lowest BCUT2D eigenvalue weighted by Crippen LogP contribution is -2.60. The largest absolute Gasteiger partial charge is 0.508 e. The number of epoxide rings is 1. The predicted octanol–water partition coefficient (Wildman–Crippen LogP) is 6.99. The number of nitrogens with zero attached hydrogens (tertiary/aromatic N) is 1. The van der Waals surface area contributed by atoms with Gasteiger partial charge in [0.15, 0.2) is 0 Å². The molecule has 8 rings (SSSR count). The number of fused-ring (bicyclic) bond motifs is 2. The maximum Gasteiger partial charge on any atom is 0.407 e. The Morgan fingerprint density at radius 3 is 2.04 bits per heavy atom. The summed E-state index contributed by atoms with van der Waals surface area (Å²) in [7, 11) is 0. The molecular formula is C55H80N6O8S2. The van der Waals surface area contributed by atoms with E-state index in [1.165, 1.54) is 17.7 Å². The summed E-state index contributed by atoms with van der Waals surface area (Å²) in [6.07, 6.45) is 4.41. The Labute approximate surface area is 430 Å². The molecule has 16 heteroatoms. The first-order valence-corrected chi connectivity index (χ1v) is 27.6. The Kier molecular flexibility index (Phi) is 20.5. The average Bonchev–Trinajstić information content (AvgIpc) is 3.89. The molecule has 5 fully saturated rings. The summed E-state index contributed by atoms with van der Waals surface area (Å²) in [4.78, 5) is 52.1. The van der Waals surface area contributed by atoms with Crippen LogP contribution in [0.5, 0.6) is 5.75 Å². The molecule has 5 aliphatic rings.